The molecule has 74 valence electrons. The molecule has 2 rings (SSSR count). The molecule has 0 bridgehead atoms. The fourth-order valence-corrected chi connectivity index (χ4v) is 2.71. The number of aliphatic hydroxyl groups is 1. The van der Waals surface area contributed by atoms with E-state index in [1.54, 1.807) is 0 Å². The number of carbonyl (C=O) groups is 1. The number of thioether (sulfide) groups is 1. The predicted octanol–water partition coefficient (Wildman–Crippen LogP) is 1.93. The van der Waals surface area contributed by atoms with Crippen molar-refractivity contribution in [3.05, 3.63) is 35.9 Å². The van der Waals surface area contributed by atoms with Crippen LogP contribution in [0.15, 0.2) is 30.3 Å². The lowest BCUT2D eigenvalue weighted by atomic mass is 9.88. The highest BCUT2D eigenvalue weighted by atomic mass is 32.2. The molecule has 14 heavy (non-hydrogen) atoms. The zero-order valence-corrected chi connectivity index (χ0v) is 8.59. The molecule has 0 aromatic heterocycles. The molecule has 0 saturated carbocycles. The summed E-state index contributed by atoms with van der Waals surface area (Å²) in [4.78, 5) is 11.3. The lowest BCUT2D eigenvalue weighted by Gasteiger charge is -2.31. The Hall–Kier alpha value is -0.800. The summed E-state index contributed by atoms with van der Waals surface area (Å²) in [6, 6.07) is 9.44. The van der Waals surface area contributed by atoms with E-state index in [0.717, 1.165) is 5.56 Å². The minimum Gasteiger partial charge on any atom is -0.385 e. The first-order chi connectivity index (χ1) is 6.71. The summed E-state index contributed by atoms with van der Waals surface area (Å²) >= 11 is 1.32. The molecule has 0 spiro atoms. The smallest absolute Gasteiger partial charge is 0.192 e. The lowest BCUT2D eigenvalue weighted by molar-refractivity contribution is -0.116. The molecule has 1 unspecified atom stereocenters. The van der Waals surface area contributed by atoms with Gasteiger partial charge in [0.15, 0.2) is 5.12 Å². The summed E-state index contributed by atoms with van der Waals surface area (Å²) in [6.45, 7) is 0. The molecule has 1 atom stereocenters. The van der Waals surface area contributed by atoms with E-state index < -0.39 is 5.60 Å². The Bertz CT molecular complexity index is 336. The number of carbonyl (C=O) groups excluding carboxylic acids is 1. The van der Waals surface area contributed by atoms with Crippen LogP contribution in [0.2, 0.25) is 0 Å². The van der Waals surface area contributed by atoms with E-state index >= 15 is 0 Å². The van der Waals surface area contributed by atoms with Crippen LogP contribution in [0, 0.1) is 0 Å². The minimum atomic E-state index is -0.927. The normalized spacial score (nSPS) is 27.6. The highest BCUT2D eigenvalue weighted by Gasteiger charge is 2.35. The van der Waals surface area contributed by atoms with Gasteiger partial charge in [-0.25, -0.2) is 0 Å². The van der Waals surface area contributed by atoms with E-state index in [0.29, 0.717) is 12.2 Å². The van der Waals surface area contributed by atoms with Crippen LogP contribution in [0.5, 0.6) is 0 Å². The number of hydrogen-bond acceptors (Lipinski definition) is 3. The maximum absolute atomic E-state index is 11.3. The number of benzene rings is 1. The third-order valence-corrected chi connectivity index (χ3v) is 3.40. The zero-order chi connectivity index (χ0) is 10.0. The molecule has 2 nitrogen and oxygen atoms in total. The van der Waals surface area contributed by atoms with Gasteiger partial charge in [-0.15, -0.1) is 0 Å². The first-order valence-corrected chi connectivity index (χ1v) is 5.63. The van der Waals surface area contributed by atoms with Crippen LogP contribution in [0.1, 0.15) is 18.4 Å². The third kappa shape index (κ3) is 1.83. The molecule has 1 fully saturated rings. The fraction of sp³-hybridized carbons (Fsp3) is 0.364. The van der Waals surface area contributed by atoms with Crippen LogP contribution in [0.25, 0.3) is 0 Å². The van der Waals surface area contributed by atoms with Crippen molar-refractivity contribution in [3.63, 3.8) is 0 Å². The molecule has 0 aliphatic carbocycles. The summed E-state index contributed by atoms with van der Waals surface area (Å²) < 4.78 is 0. The van der Waals surface area contributed by atoms with Crippen LogP contribution < -0.4 is 0 Å². The summed E-state index contributed by atoms with van der Waals surface area (Å²) in [5, 5.41) is 10.4. The molecule has 1 aromatic rings. The summed E-state index contributed by atoms with van der Waals surface area (Å²) in [5.74, 6) is 0.713. The molecule has 1 N–H and O–H groups in total. The zero-order valence-electron chi connectivity index (χ0n) is 7.77. The van der Waals surface area contributed by atoms with Crippen molar-refractivity contribution < 1.29 is 9.90 Å². The van der Waals surface area contributed by atoms with Crippen LogP contribution in [0.4, 0.5) is 0 Å². The Morgan fingerprint density at radius 2 is 2.00 bits per heavy atom. The van der Waals surface area contributed by atoms with Gasteiger partial charge in [0.05, 0.1) is 5.60 Å². The molecule has 3 heteroatoms. The van der Waals surface area contributed by atoms with Gasteiger partial charge in [0, 0.05) is 12.2 Å². The fourth-order valence-electron chi connectivity index (χ4n) is 1.71. The van der Waals surface area contributed by atoms with Crippen molar-refractivity contribution in [2.45, 2.75) is 18.4 Å². The van der Waals surface area contributed by atoms with Crippen molar-refractivity contribution in [3.8, 4) is 0 Å². The molecular weight excluding hydrogens is 196 g/mol. The summed E-state index contributed by atoms with van der Waals surface area (Å²) in [5.41, 5.74) is -0.0718. The maximum Gasteiger partial charge on any atom is 0.192 e. The van der Waals surface area contributed by atoms with E-state index in [1.807, 2.05) is 30.3 Å². The van der Waals surface area contributed by atoms with Crippen molar-refractivity contribution in [1.82, 2.24) is 0 Å². The Labute approximate surface area is 87.3 Å². The largest absolute Gasteiger partial charge is 0.385 e. The second-order valence-corrected chi connectivity index (χ2v) is 4.70. The van der Waals surface area contributed by atoms with Crippen LogP contribution >= 0.6 is 11.8 Å². The van der Waals surface area contributed by atoms with Crippen molar-refractivity contribution >= 4 is 16.9 Å². The van der Waals surface area contributed by atoms with E-state index in [4.69, 9.17) is 0 Å². The van der Waals surface area contributed by atoms with Crippen LogP contribution in [-0.4, -0.2) is 16.0 Å². The van der Waals surface area contributed by atoms with Crippen LogP contribution in [-0.2, 0) is 10.4 Å². The van der Waals surface area contributed by atoms with E-state index in [2.05, 4.69) is 0 Å². The topological polar surface area (TPSA) is 37.3 Å². The lowest BCUT2D eigenvalue weighted by Crippen LogP contribution is -2.32. The molecule has 1 heterocycles. The molecule has 0 radical (unpaired) electrons. The Balaban J connectivity index is 2.27. The quantitative estimate of drug-likeness (QED) is 0.766. The molecule has 1 aromatic carbocycles. The van der Waals surface area contributed by atoms with E-state index in [9.17, 15) is 9.90 Å². The van der Waals surface area contributed by atoms with E-state index in [1.165, 1.54) is 11.8 Å². The Morgan fingerprint density at radius 3 is 2.64 bits per heavy atom. The van der Waals surface area contributed by atoms with Crippen molar-refractivity contribution in [1.29, 1.82) is 0 Å². The highest BCUT2D eigenvalue weighted by molar-refractivity contribution is 8.13. The van der Waals surface area contributed by atoms with Crippen molar-refractivity contribution in [2.24, 2.45) is 0 Å². The molecule has 1 aliphatic heterocycles. The van der Waals surface area contributed by atoms with Gasteiger partial charge in [-0.2, -0.15) is 0 Å². The van der Waals surface area contributed by atoms with Gasteiger partial charge >= 0.3 is 0 Å². The van der Waals surface area contributed by atoms with Gasteiger partial charge in [-0.3, -0.25) is 4.79 Å². The average molecular weight is 208 g/mol. The van der Waals surface area contributed by atoms with Gasteiger partial charge in [0.2, 0.25) is 0 Å². The SMILES string of the molecule is O=C1CC(O)(c2ccccc2)CCS1. The van der Waals surface area contributed by atoms with Gasteiger partial charge in [-0.1, -0.05) is 42.1 Å². The monoisotopic (exact) mass is 208 g/mol. The second-order valence-electron chi connectivity index (χ2n) is 3.54. The maximum atomic E-state index is 11.3. The average Bonchev–Trinajstić information content (AvgIpc) is 2.19. The van der Waals surface area contributed by atoms with Gasteiger partial charge in [0.25, 0.3) is 0 Å². The predicted molar refractivity (Wildman–Crippen MR) is 57.0 cm³/mol. The number of hydrogen-bond donors (Lipinski definition) is 1. The standard InChI is InChI=1S/C11H12O2S/c12-10-8-11(13,6-7-14-10)9-4-2-1-3-5-9/h1-5,13H,6-8H2. The van der Waals surface area contributed by atoms with Gasteiger partial charge in [-0.05, 0) is 12.0 Å². The second kappa shape index (κ2) is 3.75. The Morgan fingerprint density at radius 1 is 1.29 bits per heavy atom. The van der Waals surface area contributed by atoms with E-state index in [-0.39, 0.29) is 11.5 Å². The summed E-state index contributed by atoms with van der Waals surface area (Å²) in [7, 11) is 0. The summed E-state index contributed by atoms with van der Waals surface area (Å²) in [6.07, 6.45) is 0.898. The third-order valence-electron chi connectivity index (χ3n) is 2.53. The highest BCUT2D eigenvalue weighted by Crippen LogP contribution is 2.36. The van der Waals surface area contributed by atoms with Gasteiger partial charge in [0.1, 0.15) is 0 Å². The molecule has 1 aliphatic rings. The first-order valence-electron chi connectivity index (χ1n) is 4.64. The minimum absolute atomic E-state index is 0.0857. The molecular formula is C11H12O2S. The number of rotatable bonds is 1. The molecule has 0 amide bonds. The van der Waals surface area contributed by atoms with Crippen molar-refractivity contribution in [2.75, 3.05) is 5.75 Å². The van der Waals surface area contributed by atoms with Gasteiger partial charge < -0.3 is 5.11 Å². The molecule has 1 saturated heterocycles. The van der Waals surface area contributed by atoms with Crippen LogP contribution in [0.3, 0.4) is 0 Å². The first kappa shape index (κ1) is 9.74. The Kier molecular flexibility index (Phi) is 2.61.